The summed E-state index contributed by atoms with van der Waals surface area (Å²) in [6.07, 6.45) is 10.8. The standard InChI is InChI=1S/C27H33N5O2/c1-18-17-32-25(28-26(18)30-11-5-6-12-30)16-22(29-32)23-10-3-4-13-31(23)27(33)21-14-19-8-7-9-20(19)15-24(21)34-2/h14-17,23H,3-13H2,1-2H3. The summed E-state index contributed by atoms with van der Waals surface area (Å²) in [5, 5.41) is 4.90. The fourth-order valence-corrected chi connectivity index (χ4v) is 6.01. The molecule has 1 atom stereocenters. The molecular weight excluding hydrogens is 426 g/mol. The molecule has 2 aromatic heterocycles. The van der Waals surface area contributed by atoms with Crippen LogP contribution in [0.3, 0.4) is 0 Å². The fraction of sp³-hybridized carbons (Fsp3) is 0.519. The van der Waals surface area contributed by atoms with Gasteiger partial charge in [0.25, 0.3) is 5.91 Å². The van der Waals surface area contributed by atoms with Gasteiger partial charge in [-0.15, -0.1) is 0 Å². The van der Waals surface area contributed by atoms with Crippen LogP contribution in [0.25, 0.3) is 5.65 Å². The quantitative estimate of drug-likeness (QED) is 0.575. The van der Waals surface area contributed by atoms with E-state index in [0.717, 1.165) is 80.9 Å². The maximum Gasteiger partial charge on any atom is 0.258 e. The van der Waals surface area contributed by atoms with Gasteiger partial charge in [-0.25, -0.2) is 9.50 Å². The lowest BCUT2D eigenvalue weighted by Crippen LogP contribution is -2.39. The van der Waals surface area contributed by atoms with Gasteiger partial charge in [0.2, 0.25) is 0 Å². The molecule has 1 aromatic carbocycles. The normalized spacial score (nSPS) is 20.2. The van der Waals surface area contributed by atoms with Crippen molar-refractivity contribution in [2.24, 2.45) is 0 Å². The summed E-state index contributed by atoms with van der Waals surface area (Å²) in [5.74, 6) is 1.81. The summed E-state index contributed by atoms with van der Waals surface area (Å²) >= 11 is 0. The zero-order chi connectivity index (χ0) is 23.2. The van der Waals surface area contributed by atoms with Crippen LogP contribution < -0.4 is 9.64 Å². The number of likely N-dealkylation sites (tertiary alicyclic amines) is 1. The smallest absolute Gasteiger partial charge is 0.258 e. The number of nitrogens with zero attached hydrogens (tertiary/aromatic N) is 5. The number of anilines is 1. The van der Waals surface area contributed by atoms with E-state index in [1.165, 1.54) is 24.0 Å². The number of piperidine rings is 1. The number of hydrogen-bond acceptors (Lipinski definition) is 5. The Labute approximate surface area is 200 Å². The monoisotopic (exact) mass is 459 g/mol. The van der Waals surface area contributed by atoms with Gasteiger partial charge in [-0.3, -0.25) is 4.79 Å². The van der Waals surface area contributed by atoms with Crippen molar-refractivity contribution in [3.8, 4) is 5.75 Å². The maximum absolute atomic E-state index is 13.8. The Bertz CT molecular complexity index is 1240. The van der Waals surface area contributed by atoms with Crippen LogP contribution in [0.1, 0.15) is 77.3 Å². The van der Waals surface area contributed by atoms with Crippen molar-refractivity contribution in [1.82, 2.24) is 19.5 Å². The molecule has 3 aromatic rings. The third-order valence-electron chi connectivity index (χ3n) is 7.78. The molecule has 0 radical (unpaired) electrons. The van der Waals surface area contributed by atoms with Crippen LogP contribution in [-0.2, 0) is 12.8 Å². The average molecular weight is 460 g/mol. The van der Waals surface area contributed by atoms with Crippen LogP contribution in [0.4, 0.5) is 5.82 Å². The number of aryl methyl sites for hydroxylation is 3. The summed E-state index contributed by atoms with van der Waals surface area (Å²) in [7, 11) is 1.66. The first-order valence-corrected chi connectivity index (χ1v) is 12.7. The van der Waals surface area contributed by atoms with Crippen LogP contribution >= 0.6 is 0 Å². The van der Waals surface area contributed by atoms with E-state index in [-0.39, 0.29) is 11.9 Å². The minimum Gasteiger partial charge on any atom is -0.496 e. The van der Waals surface area contributed by atoms with Crippen molar-refractivity contribution in [3.63, 3.8) is 0 Å². The fourth-order valence-electron chi connectivity index (χ4n) is 6.01. The number of rotatable bonds is 4. The summed E-state index contributed by atoms with van der Waals surface area (Å²) in [5.41, 5.74) is 6.22. The Morgan fingerprint density at radius 1 is 1.00 bits per heavy atom. The Hall–Kier alpha value is -3.09. The van der Waals surface area contributed by atoms with E-state index in [0.29, 0.717) is 11.3 Å². The lowest BCUT2D eigenvalue weighted by atomic mass is 9.97. The van der Waals surface area contributed by atoms with E-state index in [1.54, 1.807) is 7.11 Å². The summed E-state index contributed by atoms with van der Waals surface area (Å²) < 4.78 is 7.55. The van der Waals surface area contributed by atoms with Crippen molar-refractivity contribution in [1.29, 1.82) is 0 Å². The minimum absolute atomic E-state index is 0.0450. The molecule has 7 nitrogen and oxygen atoms in total. The van der Waals surface area contributed by atoms with E-state index in [1.807, 2.05) is 9.42 Å². The molecule has 7 heteroatoms. The Balaban J connectivity index is 1.34. The molecule has 1 aliphatic carbocycles. The topological polar surface area (TPSA) is 63.0 Å². The predicted molar refractivity (Wildman–Crippen MR) is 132 cm³/mol. The average Bonchev–Trinajstić information content (AvgIpc) is 3.62. The van der Waals surface area contributed by atoms with E-state index in [4.69, 9.17) is 14.8 Å². The van der Waals surface area contributed by atoms with Crippen molar-refractivity contribution in [3.05, 3.63) is 52.3 Å². The Morgan fingerprint density at radius 3 is 2.56 bits per heavy atom. The number of methoxy groups -OCH3 is 1. The van der Waals surface area contributed by atoms with Gasteiger partial charge in [-0.1, -0.05) is 0 Å². The molecule has 3 aliphatic rings. The van der Waals surface area contributed by atoms with Crippen LogP contribution in [0, 0.1) is 6.92 Å². The predicted octanol–water partition coefficient (Wildman–Crippen LogP) is 4.50. The van der Waals surface area contributed by atoms with Gasteiger partial charge < -0.3 is 14.5 Å². The molecule has 6 rings (SSSR count). The zero-order valence-electron chi connectivity index (χ0n) is 20.2. The summed E-state index contributed by atoms with van der Waals surface area (Å²) in [4.78, 5) is 23.2. The van der Waals surface area contributed by atoms with Crippen LogP contribution in [0.15, 0.2) is 24.4 Å². The molecule has 2 fully saturated rings. The largest absolute Gasteiger partial charge is 0.496 e. The number of aromatic nitrogens is 3. The highest BCUT2D eigenvalue weighted by molar-refractivity contribution is 5.97. The number of benzene rings is 1. The molecular formula is C27H33N5O2. The van der Waals surface area contributed by atoms with Gasteiger partial charge in [0.15, 0.2) is 5.65 Å². The first-order chi connectivity index (χ1) is 16.6. The van der Waals surface area contributed by atoms with Gasteiger partial charge in [-0.2, -0.15) is 5.10 Å². The molecule has 0 spiro atoms. The van der Waals surface area contributed by atoms with Crippen LogP contribution in [0.5, 0.6) is 5.75 Å². The lowest BCUT2D eigenvalue weighted by molar-refractivity contribution is 0.0602. The van der Waals surface area contributed by atoms with Crippen LogP contribution in [-0.4, -0.2) is 52.1 Å². The lowest BCUT2D eigenvalue weighted by Gasteiger charge is -2.35. The third kappa shape index (κ3) is 3.62. The zero-order valence-corrected chi connectivity index (χ0v) is 20.2. The van der Waals surface area contributed by atoms with Crippen molar-refractivity contribution < 1.29 is 9.53 Å². The number of ether oxygens (including phenoxy) is 1. The maximum atomic E-state index is 13.8. The van der Waals surface area contributed by atoms with E-state index < -0.39 is 0 Å². The second-order valence-electron chi connectivity index (χ2n) is 10.00. The molecule has 0 N–H and O–H groups in total. The molecule has 34 heavy (non-hydrogen) atoms. The molecule has 1 unspecified atom stereocenters. The van der Waals surface area contributed by atoms with Crippen molar-refractivity contribution in [2.45, 2.75) is 64.3 Å². The van der Waals surface area contributed by atoms with Gasteiger partial charge in [0.05, 0.1) is 24.4 Å². The second-order valence-corrected chi connectivity index (χ2v) is 10.00. The first kappa shape index (κ1) is 21.4. The SMILES string of the molecule is COc1cc2c(cc1C(=O)N1CCCCC1c1cc3nc(N4CCCC4)c(C)cn3n1)CCC2. The number of fused-ring (bicyclic) bond motifs is 2. The first-order valence-electron chi connectivity index (χ1n) is 12.7. The van der Waals surface area contributed by atoms with Crippen LogP contribution in [0.2, 0.25) is 0 Å². The highest BCUT2D eigenvalue weighted by Gasteiger charge is 2.33. The molecule has 2 aliphatic heterocycles. The molecule has 2 saturated heterocycles. The second kappa shape index (κ2) is 8.60. The molecule has 0 bridgehead atoms. The molecule has 4 heterocycles. The highest BCUT2D eigenvalue weighted by atomic mass is 16.5. The number of amides is 1. The third-order valence-corrected chi connectivity index (χ3v) is 7.78. The van der Waals surface area contributed by atoms with Crippen molar-refractivity contribution in [2.75, 3.05) is 31.6 Å². The Morgan fingerprint density at radius 2 is 1.76 bits per heavy atom. The molecule has 0 saturated carbocycles. The number of carbonyl (C=O) groups is 1. The van der Waals surface area contributed by atoms with E-state index in [9.17, 15) is 4.79 Å². The summed E-state index contributed by atoms with van der Waals surface area (Å²) in [6.45, 7) is 4.98. The summed E-state index contributed by atoms with van der Waals surface area (Å²) in [6, 6.07) is 6.18. The molecule has 1 amide bonds. The van der Waals surface area contributed by atoms with Gasteiger partial charge in [0, 0.05) is 37.5 Å². The van der Waals surface area contributed by atoms with Gasteiger partial charge in [-0.05, 0) is 81.5 Å². The van der Waals surface area contributed by atoms with E-state index in [2.05, 4.69) is 36.2 Å². The van der Waals surface area contributed by atoms with Gasteiger partial charge >= 0.3 is 0 Å². The van der Waals surface area contributed by atoms with Gasteiger partial charge in [0.1, 0.15) is 11.6 Å². The number of carbonyl (C=O) groups excluding carboxylic acids is 1. The Kier molecular flexibility index (Phi) is 5.42. The van der Waals surface area contributed by atoms with Crippen molar-refractivity contribution >= 4 is 17.4 Å². The van der Waals surface area contributed by atoms with E-state index >= 15 is 0 Å². The molecule has 178 valence electrons. The number of hydrogen-bond donors (Lipinski definition) is 0. The minimum atomic E-state index is -0.0450. The highest BCUT2D eigenvalue weighted by Crippen LogP contribution is 2.36.